The number of nitrogens with one attached hydrogen (secondary N) is 2. The van der Waals surface area contributed by atoms with Crippen LogP contribution in [-0.4, -0.2) is 52.2 Å². The maximum Gasteiger partial charge on any atom is 0.423 e. The second kappa shape index (κ2) is 15.2. The van der Waals surface area contributed by atoms with Crippen LogP contribution in [0.4, 0.5) is 24.5 Å². The minimum Gasteiger partial charge on any atom is -0.474 e. The SMILES string of the molecule is CCCN(CCC(C)CCc1ccnc(OC2CCC(Nc3ccc([N+](=O)[O-])c(C(F)(F)F)c3)CC2)c1)C(=S)NC. The Morgan fingerprint density at radius 3 is 2.56 bits per heavy atom. The van der Waals surface area contributed by atoms with Gasteiger partial charge in [0.25, 0.3) is 5.69 Å². The molecule has 226 valence electrons. The lowest BCUT2D eigenvalue weighted by Gasteiger charge is -2.30. The van der Waals surface area contributed by atoms with Crippen LogP contribution in [-0.2, 0) is 12.6 Å². The van der Waals surface area contributed by atoms with Gasteiger partial charge in [0.1, 0.15) is 11.7 Å². The third-order valence-electron chi connectivity index (χ3n) is 7.44. The van der Waals surface area contributed by atoms with E-state index in [-0.39, 0.29) is 17.8 Å². The molecule has 1 aliphatic carbocycles. The number of benzene rings is 1. The molecule has 1 saturated carbocycles. The second-order valence-corrected chi connectivity index (χ2v) is 11.1. The van der Waals surface area contributed by atoms with Crippen LogP contribution in [0.1, 0.15) is 69.9 Å². The molecule has 0 saturated heterocycles. The first-order valence-electron chi connectivity index (χ1n) is 14.2. The molecule has 0 radical (unpaired) electrons. The number of alkyl halides is 3. The summed E-state index contributed by atoms with van der Waals surface area (Å²) in [5.41, 5.74) is -0.802. The summed E-state index contributed by atoms with van der Waals surface area (Å²) in [6, 6.07) is 7.00. The van der Waals surface area contributed by atoms with Gasteiger partial charge >= 0.3 is 6.18 Å². The molecule has 41 heavy (non-hydrogen) atoms. The number of hydrogen-bond donors (Lipinski definition) is 2. The van der Waals surface area contributed by atoms with Crippen LogP contribution in [0.15, 0.2) is 36.5 Å². The van der Waals surface area contributed by atoms with Gasteiger partial charge in [0.05, 0.1) is 4.92 Å². The summed E-state index contributed by atoms with van der Waals surface area (Å²) in [4.78, 5) is 16.6. The average Bonchev–Trinajstić information content (AvgIpc) is 2.94. The van der Waals surface area contributed by atoms with Crippen LogP contribution in [0.25, 0.3) is 0 Å². The Morgan fingerprint density at radius 1 is 1.20 bits per heavy atom. The number of aromatic nitrogens is 1. The van der Waals surface area contributed by atoms with Crippen molar-refractivity contribution in [2.45, 2.75) is 83.5 Å². The molecule has 1 atom stereocenters. The highest BCUT2D eigenvalue weighted by Gasteiger charge is 2.38. The first-order chi connectivity index (χ1) is 19.5. The number of nitrogens with zero attached hydrogens (tertiary/aromatic N) is 3. The second-order valence-electron chi connectivity index (χ2n) is 10.7. The van der Waals surface area contributed by atoms with Crippen molar-refractivity contribution >= 4 is 28.7 Å². The van der Waals surface area contributed by atoms with Crippen molar-refractivity contribution in [3.8, 4) is 5.88 Å². The maximum atomic E-state index is 13.3. The van der Waals surface area contributed by atoms with Gasteiger partial charge in [-0.3, -0.25) is 10.1 Å². The number of hydrogen-bond acceptors (Lipinski definition) is 6. The van der Waals surface area contributed by atoms with Crippen LogP contribution in [0, 0.1) is 16.0 Å². The molecule has 0 spiro atoms. The normalized spacial score (nSPS) is 17.9. The van der Waals surface area contributed by atoms with Gasteiger partial charge in [0.15, 0.2) is 5.11 Å². The molecule has 12 heteroatoms. The monoisotopic (exact) mass is 595 g/mol. The Bertz CT molecular complexity index is 1160. The van der Waals surface area contributed by atoms with E-state index in [2.05, 4.69) is 34.4 Å². The number of nitro benzene ring substituents is 1. The minimum absolute atomic E-state index is 0.0297. The number of rotatable bonds is 13. The van der Waals surface area contributed by atoms with E-state index in [1.807, 2.05) is 19.2 Å². The topological polar surface area (TPSA) is 92.6 Å². The highest BCUT2D eigenvalue weighted by molar-refractivity contribution is 7.80. The van der Waals surface area contributed by atoms with Gasteiger partial charge in [-0.1, -0.05) is 13.8 Å². The Balaban J connectivity index is 1.46. The van der Waals surface area contributed by atoms with Crippen molar-refractivity contribution in [1.82, 2.24) is 15.2 Å². The highest BCUT2D eigenvalue weighted by Crippen LogP contribution is 2.38. The van der Waals surface area contributed by atoms with Crippen LogP contribution in [0.2, 0.25) is 0 Å². The third kappa shape index (κ3) is 10.0. The Morgan fingerprint density at radius 2 is 1.93 bits per heavy atom. The Kier molecular flexibility index (Phi) is 12.0. The van der Waals surface area contributed by atoms with Gasteiger partial charge in [-0.15, -0.1) is 0 Å². The molecule has 0 aliphatic heterocycles. The minimum atomic E-state index is -4.80. The summed E-state index contributed by atoms with van der Waals surface area (Å²) in [6.07, 6.45) is 3.87. The molecule has 0 bridgehead atoms. The van der Waals surface area contributed by atoms with Gasteiger partial charge in [0.2, 0.25) is 5.88 Å². The van der Waals surface area contributed by atoms with Crippen LogP contribution in [0.5, 0.6) is 5.88 Å². The fraction of sp³-hybridized carbons (Fsp3) is 0.586. The lowest BCUT2D eigenvalue weighted by molar-refractivity contribution is -0.388. The lowest BCUT2D eigenvalue weighted by Crippen LogP contribution is -2.39. The standard InChI is InChI=1S/C29H40F3N5O3S/c1-4-16-36(28(41)33-3)17-14-20(2)5-6-21-13-15-34-27(18-21)40-24-10-7-22(8-11-24)35-23-9-12-26(37(38)39)25(19-23)29(30,31)32/h9,12-13,15,18-20,22,24,35H,4-8,10-11,14,16-17H2,1-3H3,(H,33,41). The van der Waals surface area contributed by atoms with Crippen LogP contribution in [0.3, 0.4) is 0 Å². The van der Waals surface area contributed by atoms with E-state index in [0.717, 1.165) is 68.9 Å². The number of halogens is 3. The number of aryl methyl sites for hydroxylation is 1. The summed E-state index contributed by atoms with van der Waals surface area (Å²) in [7, 11) is 1.86. The number of thiocarbonyl (C=S) groups is 1. The molecule has 0 amide bonds. The smallest absolute Gasteiger partial charge is 0.423 e. The fourth-order valence-electron chi connectivity index (χ4n) is 5.09. The molecule has 1 heterocycles. The first kappa shape index (κ1) is 32.4. The van der Waals surface area contributed by atoms with E-state index < -0.39 is 22.4 Å². The maximum absolute atomic E-state index is 13.3. The zero-order chi connectivity index (χ0) is 30.0. The number of ether oxygens (including phenoxy) is 1. The molecule has 2 N–H and O–H groups in total. The van der Waals surface area contributed by atoms with Crippen molar-refractivity contribution in [2.24, 2.45) is 5.92 Å². The van der Waals surface area contributed by atoms with E-state index in [1.54, 1.807) is 6.20 Å². The number of pyridine rings is 1. The molecule has 1 fully saturated rings. The first-order valence-corrected chi connectivity index (χ1v) is 14.6. The molecule has 2 aromatic rings. The zero-order valence-electron chi connectivity index (χ0n) is 23.9. The van der Waals surface area contributed by atoms with E-state index in [1.165, 1.54) is 11.6 Å². The summed E-state index contributed by atoms with van der Waals surface area (Å²) in [5.74, 6) is 1.13. The van der Waals surface area contributed by atoms with Crippen molar-refractivity contribution in [3.63, 3.8) is 0 Å². The molecule has 8 nitrogen and oxygen atoms in total. The molecule has 1 aromatic heterocycles. The lowest BCUT2D eigenvalue weighted by atomic mass is 9.92. The predicted octanol–water partition coefficient (Wildman–Crippen LogP) is 6.99. The van der Waals surface area contributed by atoms with E-state index in [9.17, 15) is 23.3 Å². The van der Waals surface area contributed by atoms with Crippen LogP contribution >= 0.6 is 12.2 Å². The van der Waals surface area contributed by atoms with Gasteiger partial charge < -0.3 is 20.3 Å². The fourth-order valence-corrected chi connectivity index (χ4v) is 5.27. The molecular formula is C29H40F3N5O3S. The molecule has 3 rings (SSSR count). The number of anilines is 1. The van der Waals surface area contributed by atoms with E-state index in [4.69, 9.17) is 17.0 Å². The molecule has 1 unspecified atom stereocenters. The third-order valence-corrected chi connectivity index (χ3v) is 7.90. The zero-order valence-corrected chi connectivity index (χ0v) is 24.7. The van der Waals surface area contributed by atoms with Crippen molar-refractivity contribution < 1.29 is 22.8 Å². The summed E-state index contributed by atoms with van der Waals surface area (Å²) in [6.45, 7) is 6.30. The van der Waals surface area contributed by atoms with Gasteiger partial charge in [-0.25, -0.2) is 4.98 Å². The van der Waals surface area contributed by atoms with Gasteiger partial charge in [0, 0.05) is 50.2 Å². The van der Waals surface area contributed by atoms with Crippen molar-refractivity contribution in [2.75, 3.05) is 25.5 Å². The molecule has 1 aliphatic rings. The largest absolute Gasteiger partial charge is 0.474 e. The quantitative estimate of drug-likeness (QED) is 0.146. The Labute approximate surface area is 245 Å². The van der Waals surface area contributed by atoms with Crippen LogP contribution < -0.4 is 15.4 Å². The molecular weight excluding hydrogens is 555 g/mol. The summed E-state index contributed by atoms with van der Waals surface area (Å²) in [5, 5.41) is 18.0. The highest BCUT2D eigenvalue weighted by atomic mass is 32.1. The van der Waals surface area contributed by atoms with Crippen molar-refractivity contribution in [3.05, 3.63) is 57.8 Å². The van der Waals surface area contributed by atoms with Gasteiger partial charge in [-0.2, -0.15) is 13.2 Å². The van der Waals surface area contributed by atoms with Gasteiger partial charge in [-0.05, 0) is 93.3 Å². The average molecular weight is 596 g/mol. The Hall–Kier alpha value is -3.15. The molecule has 1 aromatic carbocycles. The summed E-state index contributed by atoms with van der Waals surface area (Å²) < 4.78 is 46.1. The van der Waals surface area contributed by atoms with Crippen molar-refractivity contribution in [1.29, 1.82) is 0 Å². The van der Waals surface area contributed by atoms with E-state index >= 15 is 0 Å². The summed E-state index contributed by atoms with van der Waals surface area (Å²) >= 11 is 5.41. The predicted molar refractivity (Wildman–Crippen MR) is 158 cm³/mol. The number of nitro groups is 1. The van der Waals surface area contributed by atoms with E-state index in [0.29, 0.717) is 24.6 Å².